The van der Waals surface area contributed by atoms with Gasteiger partial charge in [0.05, 0.1) is 19.3 Å². The number of nitrogens with zero attached hydrogens (tertiary/aromatic N) is 3. The Bertz CT molecular complexity index is 413. The minimum absolute atomic E-state index is 0.500. The summed E-state index contributed by atoms with van der Waals surface area (Å²) in [5.74, 6) is 1.23. The van der Waals surface area contributed by atoms with Crippen LogP contribution in [-0.2, 0) is 6.54 Å². The predicted octanol–water partition coefficient (Wildman–Crippen LogP) is 1.39. The zero-order valence-electron chi connectivity index (χ0n) is 10.8. The van der Waals surface area contributed by atoms with Crippen LogP contribution in [0.15, 0.2) is 23.2 Å². The van der Waals surface area contributed by atoms with Crippen LogP contribution < -0.4 is 10.5 Å². The number of hydrogen-bond donors (Lipinski definition) is 1. The first kappa shape index (κ1) is 12.7. The van der Waals surface area contributed by atoms with Crippen molar-refractivity contribution in [2.24, 2.45) is 10.7 Å². The minimum atomic E-state index is 0.500. The van der Waals surface area contributed by atoms with E-state index in [1.165, 1.54) is 19.3 Å². The zero-order valence-corrected chi connectivity index (χ0v) is 10.8. The molecule has 98 valence electrons. The van der Waals surface area contributed by atoms with E-state index in [1.54, 1.807) is 7.11 Å². The maximum atomic E-state index is 5.98. The van der Waals surface area contributed by atoms with Crippen molar-refractivity contribution in [3.8, 4) is 5.88 Å². The number of pyridine rings is 1. The number of hydrogen-bond acceptors (Lipinski definition) is 3. The van der Waals surface area contributed by atoms with Crippen LogP contribution in [0.1, 0.15) is 25.0 Å². The molecule has 1 aliphatic rings. The molecule has 1 aromatic rings. The van der Waals surface area contributed by atoms with E-state index >= 15 is 0 Å². The number of guanidine groups is 1. The summed E-state index contributed by atoms with van der Waals surface area (Å²) in [6.07, 6.45) is 3.70. The highest BCUT2D eigenvalue weighted by Gasteiger charge is 2.11. The van der Waals surface area contributed by atoms with Gasteiger partial charge in [-0.15, -0.1) is 0 Å². The lowest BCUT2D eigenvalue weighted by Gasteiger charge is -2.27. The normalized spacial score (nSPS) is 16.7. The number of methoxy groups -OCH3 is 1. The molecular formula is C13H20N4O. The number of rotatable bonds is 3. The van der Waals surface area contributed by atoms with Crippen LogP contribution in [0, 0.1) is 0 Å². The number of nitrogens with two attached hydrogens (primary N) is 1. The summed E-state index contributed by atoms with van der Waals surface area (Å²) in [5, 5.41) is 0. The lowest BCUT2D eigenvalue weighted by molar-refractivity contribution is 0.338. The Hall–Kier alpha value is -1.78. The lowest BCUT2D eigenvalue weighted by atomic mass is 10.1. The lowest BCUT2D eigenvalue weighted by Crippen LogP contribution is -2.40. The SMILES string of the molecule is COc1cccc(CN=C(N)N2CCCCC2)n1. The van der Waals surface area contributed by atoms with Crippen molar-refractivity contribution in [3.63, 3.8) is 0 Å². The van der Waals surface area contributed by atoms with Gasteiger partial charge in [0.2, 0.25) is 5.88 Å². The standard InChI is InChI=1S/C13H20N4O/c1-18-12-7-5-6-11(16-12)10-15-13(14)17-8-3-2-4-9-17/h5-7H,2-4,8-10H2,1H3,(H2,14,15). The fraction of sp³-hybridized carbons (Fsp3) is 0.538. The van der Waals surface area contributed by atoms with E-state index in [0.29, 0.717) is 18.4 Å². The molecule has 1 fully saturated rings. The second-order valence-electron chi connectivity index (χ2n) is 4.39. The molecule has 0 aliphatic carbocycles. The molecule has 0 atom stereocenters. The van der Waals surface area contributed by atoms with Crippen LogP contribution >= 0.6 is 0 Å². The van der Waals surface area contributed by atoms with Crippen LogP contribution in [0.3, 0.4) is 0 Å². The van der Waals surface area contributed by atoms with Crippen LogP contribution in [0.25, 0.3) is 0 Å². The highest BCUT2D eigenvalue weighted by Crippen LogP contribution is 2.10. The Morgan fingerprint density at radius 3 is 2.89 bits per heavy atom. The Balaban J connectivity index is 1.95. The molecule has 18 heavy (non-hydrogen) atoms. The molecule has 0 radical (unpaired) electrons. The van der Waals surface area contributed by atoms with Gasteiger partial charge in [0.1, 0.15) is 0 Å². The van der Waals surface area contributed by atoms with Crippen molar-refractivity contribution in [1.29, 1.82) is 0 Å². The summed E-state index contributed by atoms with van der Waals surface area (Å²) in [6.45, 7) is 2.53. The van der Waals surface area contributed by atoms with Crippen molar-refractivity contribution in [3.05, 3.63) is 23.9 Å². The average molecular weight is 248 g/mol. The number of likely N-dealkylation sites (tertiary alicyclic amines) is 1. The molecule has 0 saturated carbocycles. The summed E-state index contributed by atoms with van der Waals surface area (Å²) in [6, 6.07) is 5.66. The number of aromatic nitrogens is 1. The van der Waals surface area contributed by atoms with Gasteiger partial charge in [-0.3, -0.25) is 0 Å². The van der Waals surface area contributed by atoms with E-state index in [2.05, 4.69) is 14.9 Å². The van der Waals surface area contributed by atoms with Gasteiger partial charge in [-0.25, -0.2) is 9.98 Å². The third-order valence-electron chi connectivity index (χ3n) is 3.07. The van der Waals surface area contributed by atoms with E-state index < -0.39 is 0 Å². The summed E-state index contributed by atoms with van der Waals surface area (Å²) >= 11 is 0. The first-order valence-electron chi connectivity index (χ1n) is 6.34. The van der Waals surface area contributed by atoms with Gasteiger partial charge < -0.3 is 15.4 Å². The van der Waals surface area contributed by atoms with Crippen molar-refractivity contribution < 1.29 is 4.74 Å². The monoisotopic (exact) mass is 248 g/mol. The minimum Gasteiger partial charge on any atom is -0.481 e. The smallest absolute Gasteiger partial charge is 0.213 e. The van der Waals surface area contributed by atoms with E-state index in [0.717, 1.165) is 18.8 Å². The molecule has 0 bridgehead atoms. The Labute approximate surface area is 108 Å². The molecule has 2 N–H and O–H groups in total. The molecule has 2 heterocycles. The molecule has 0 spiro atoms. The van der Waals surface area contributed by atoms with Crippen LogP contribution in [0.5, 0.6) is 5.88 Å². The molecule has 1 aromatic heterocycles. The third kappa shape index (κ3) is 3.35. The molecule has 5 heteroatoms. The molecule has 1 aliphatic heterocycles. The first-order chi connectivity index (χ1) is 8.79. The Kier molecular flexibility index (Phi) is 4.39. The zero-order chi connectivity index (χ0) is 12.8. The van der Waals surface area contributed by atoms with Crippen molar-refractivity contribution in [1.82, 2.24) is 9.88 Å². The second-order valence-corrected chi connectivity index (χ2v) is 4.39. The summed E-state index contributed by atoms with van der Waals surface area (Å²) < 4.78 is 5.08. The van der Waals surface area contributed by atoms with Gasteiger partial charge in [0.15, 0.2) is 5.96 Å². The highest BCUT2D eigenvalue weighted by molar-refractivity contribution is 5.78. The van der Waals surface area contributed by atoms with E-state index in [-0.39, 0.29) is 0 Å². The molecule has 0 unspecified atom stereocenters. The molecular weight excluding hydrogens is 228 g/mol. The highest BCUT2D eigenvalue weighted by atomic mass is 16.5. The van der Waals surface area contributed by atoms with Gasteiger partial charge in [-0.1, -0.05) is 6.07 Å². The first-order valence-corrected chi connectivity index (χ1v) is 6.34. The fourth-order valence-electron chi connectivity index (χ4n) is 2.04. The quantitative estimate of drug-likeness (QED) is 0.648. The maximum Gasteiger partial charge on any atom is 0.213 e. The van der Waals surface area contributed by atoms with E-state index in [9.17, 15) is 0 Å². The van der Waals surface area contributed by atoms with Gasteiger partial charge in [0, 0.05) is 19.2 Å². The van der Waals surface area contributed by atoms with E-state index in [1.807, 2.05) is 18.2 Å². The predicted molar refractivity (Wildman–Crippen MR) is 71.5 cm³/mol. The number of piperidine rings is 1. The fourth-order valence-corrected chi connectivity index (χ4v) is 2.04. The average Bonchev–Trinajstić information content (AvgIpc) is 2.46. The topological polar surface area (TPSA) is 63.7 Å². The summed E-state index contributed by atoms with van der Waals surface area (Å²) in [4.78, 5) is 10.8. The summed E-state index contributed by atoms with van der Waals surface area (Å²) in [5.41, 5.74) is 6.85. The van der Waals surface area contributed by atoms with Crippen molar-refractivity contribution >= 4 is 5.96 Å². The second kappa shape index (κ2) is 6.23. The summed E-state index contributed by atoms with van der Waals surface area (Å²) in [7, 11) is 1.61. The van der Waals surface area contributed by atoms with Gasteiger partial charge in [0.25, 0.3) is 0 Å². The third-order valence-corrected chi connectivity index (χ3v) is 3.07. The molecule has 0 amide bonds. The van der Waals surface area contributed by atoms with Gasteiger partial charge in [-0.05, 0) is 25.3 Å². The van der Waals surface area contributed by atoms with Gasteiger partial charge >= 0.3 is 0 Å². The molecule has 5 nitrogen and oxygen atoms in total. The van der Waals surface area contributed by atoms with Crippen molar-refractivity contribution in [2.75, 3.05) is 20.2 Å². The van der Waals surface area contributed by atoms with Crippen LogP contribution in [0.4, 0.5) is 0 Å². The molecule has 0 aromatic carbocycles. The van der Waals surface area contributed by atoms with Gasteiger partial charge in [-0.2, -0.15) is 0 Å². The van der Waals surface area contributed by atoms with Crippen LogP contribution in [0.2, 0.25) is 0 Å². The molecule has 1 saturated heterocycles. The van der Waals surface area contributed by atoms with E-state index in [4.69, 9.17) is 10.5 Å². The maximum absolute atomic E-state index is 5.98. The van der Waals surface area contributed by atoms with Crippen LogP contribution in [-0.4, -0.2) is 36.0 Å². The number of ether oxygens (including phenoxy) is 1. The number of aliphatic imine (C=N–C) groups is 1. The molecule has 2 rings (SSSR count). The Morgan fingerprint density at radius 1 is 1.39 bits per heavy atom. The van der Waals surface area contributed by atoms with Crippen molar-refractivity contribution in [2.45, 2.75) is 25.8 Å². The Morgan fingerprint density at radius 2 is 2.17 bits per heavy atom. The largest absolute Gasteiger partial charge is 0.481 e.